The van der Waals surface area contributed by atoms with E-state index in [4.69, 9.17) is 5.73 Å². The number of carbonyl (C=O) groups excluding carboxylic acids is 1. The zero-order valence-electron chi connectivity index (χ0n) is 9.64. The third-order valence-electron chi connectivity index (χ3n) is 2.96. The lowest BCUT2D eigenvalue weighted by atomic mass is 10.2. The second kappa shape index (κ2) is 4.17. The van der Waals surface area contributed by atoms with E-state index in [2.05, 4.69) is 25.2 Å². The van der Waals surface area contributed by atoms with E-state index < -0.39 is 0 Å². The topological polar surface area (TPSA) is 110 Å². The molecule has 2 heterocycles. The second-order valence-corrected chi connectivity index (χ2v) is 4.35. The van der Waals surface area contributed by atoms with Gasteiger partial charge in [0.25, 0.3) is 5.91 Å². The molecule has 3 rings (SSSR count). The van der Waals surface area contributed by atoms with E-state index in [9.17, 15) is 4.79 Å². The fraction of sp³-hybridized carbons (Fsp3) is 0.364. The molecule has 0 spiro atoms. The molecule has 0 aromatic carbocycles. The third kappa shape index (κ3) is 1.94. The summed E-state index contributed by atoms with van der Waals surface area (Å²) >= 11 is 0. The van der Waals surface area contributed by atoms with Gasteiger partial charge >= 0.3 is 0 Å². The van der Waals surface area contributed by atoms with E-state index in [-0.39, 0.29) is 11.6 Å². The molecule has 18 heavy (non-hydrogen) atoms. The van der Waals surface area contributed by atoms with Crippen LogP contribution < -0.4 is 11.1 Å². The number of nitrogens with zero attached hydrogens (tertiary/aromatic N) is 2. The molecule has 1 aliphatic rings. The fourth-order valence-corrected chi connectivity index (χ4v) is 1.80. The van der Waals surface area contributed by atoms with Crippen LogP contribution in [0.2, 0.25) is 0 Å². The summed E-state index contributed by atoms with van der Waals surface area (Å²) in [6.45, 7) is 0.292. The number of carbonyl (C=O) groups is 1. The lowest BCUT2D eigenvalue weighted by molar-refractivity contribution is 0.0946. The molecule has 7 nitrogen and oxygen atoms in total. The molecule has 1 amide bonds. The Labute approximate surface area is 103 Å². The van der Waals surface area contributed by atoms with Gasteiger partial charge < -0.3 is 15.6 Å². The van der Waals surface area contributed by atoms with Crippen molar-refractivity contribution in [1.82, 2.24) is 20.7 Å². The van der Waals surface area contributed by atoms with Crippen LogP contribution in [0, 0.1) is 0 Å². The van der Waals surface area contributed by atoms with Crippen molar-refractivity contribution in [3.8, 4) is 0 Å². The molecule has 7 heteroatoms. The first-order valence-corrected chi connectivity index (χ1v) is 5.77. The summed E-state index contributed by atoms with van der Waals surface area (Å²) in [5.74, 6) is 0.133. The van der Waals surface area contributed by atoms with Gasteiger partial charge in [-0.25, -0.2) is 0 Å². The van der Waals surface area contributed by atoms with Crippen LogP contribution in [0.4, 0.5) is 5.69 Å². The van der Waals surface area contributed by atoms with Crippen LogP contribution in [0.1, 0.15) is 40.6 Å². The highest BCUT2D eigenvalue weighted by atomic mass is 16.5. The second-order valence-electron chi connectivity index (χ2n) is 4.35. The van der Waals surface area contributed by atoms with Gasteiger partial charge in [0.15, 0.2) is 5.69 Å². The molecule has 0 bridgehead atoms. The number of hydrogen-bond acceptors (Lipinski definition) is 5. The summed E-state index contributed by atoms with van der Waals surface area (Å²) in [5, 5.41) is 13.2. The van der Waals surface area contributed by atoms with Crippen LogP contribution in [0.15, 0.2) is 16.9 Å². The SMILES string of the molecule is Nc1c(C(=O)NCc2ccon2)n[nH]c1C1CC1. The van der Waals surface area contributed by atoms with Gasteiger partial charge in [0.1, 0.15) is 12.0 Å². The lowest BCUT2D eigenvalue weighted by Gasteiger charge is -2.01. The maximum Gasteiger partial charge on any atom is 0.274 e. The van der Waals surface area contributed by atoms with Gasteiger partial charge in [0, 0.05) is 12.0 Å². The lowest BCUT2D eigenvalue weighted by Crippen LogP contribution is -2.24. The Kier molecular flexibility index (Phi) is 2.51. The highest BCUT2D eigenvalue weighted by molar-refractivity contribution is 5.97. The van der Waals surface area contributed by atoms with Crippen molar-refractivity contribution >= 4 is 11.6 Å². The first-order chi connectivity index (χ1) is 8.75. The van der Waals surface area contributed by atoms with Crippen LogP contribution >= 0.6 is 0 Å². The van der Waals surface area contributed by atoms with Gasteiger partial charge in [-0.2, -0.15) is 5.10 Å². The Hall–Kier alpha value is -2.31. The summed E-state index contributed by atoms with van der Waals surface area (Å²) in [6.07, 6.45) is 3.66. The summed E-state index contributed by atoms with van der Waals surface area (Å²) in [6, 6.07) is 1.68. The fourth-order valence-electron chi connectivity index (χ4n) is 1.80. The number of nitrogens with one attached hydrogen (secondary N) is 2. The van der Waals surface area contributed by atoms with E-state index in [1.165, 1.54) is 6.26 Å². The molecule has 1 aliphatic carbocycles. The largest absolute Gasteiger partial charge is 0.395 e. The molecule has 1 fully saturated rings. The molecule has 0 saturated heterocycles. The van der Waals surface area contributed by atoms with Crippen molar-refractivity contribution in [2.75, 3.05) is 5.73 Å². The van der Waals surface area contributed by atoms with Crippen LogP contribution in [0.5, 0.6) is 0 Å². The molecule has 2 aromatic heterocycles. The molecule has 0 atom stereocenters. The highest BCUT2D eigenvalue weighted by Crippen LogP contribution is 2.42. The van der Waals surface area contributed by atoms with Crippen LogP contribution in [-0.2, 0) is 6.54 Å². The predicted molar refractivity (Wildman–Crippen MR) is 62.6 cm³/mol. The van der Waals surface area contributed by atoms with Crippen molar-refractivity contribution < 1.29 is 9.32 Å². The Morgan fingerprint density at radius 1 is 1.61 bits per heavy atom. The number of hydrogen-bond donors (Lipinski definition) is 3. The number of nitrogen functional groups attached to an aromatic ring is 1. The number of anilines is 1. The minimum Gasteiger partial charge on any atom is -0.395 e. The normalized spacial score (nSPS) is 14.7. The zero-order valence-corrected chi connectivity index (χ0v) is 9.64. The summed E-state index contributed by atoms with van der Waals surface area (Å²) in [7, 11) is 0. The van der Waals surface area contributed by atoms with Gasteiger partial charge in [-0.05, 0) is 12.8 Å². The Balaban J connectivity index is 1.68. The molecular formula is C11H13N5O2. The molecule has 4 N–H and O–H groups in total. The van der Waals surface area contributed by atoms with Crippen LogP contribution in [-0.4, -0.2) is 21.3 Å². The Morgan fingerprint density at radius 2 is 2.44 bits per heavy atom. The maximum absolute atomic E-state index is 11.9. The first-order valence-electron chi connectivity index (χ1n) is 5.77. The van der Waals surface area contributed by atoms with Crippen LogP contribution in [0.3, 0.4) is 0 Å². The highest BCUT2D eigenvalue weighted by Gasteiger charge is 2.30. The standard InChI is InChI=1S/C11H13N5O2/c12-8-9(6-1-2-6)14-15-10(8)11(17)13-5-7-3-4-18-16-7/h3-4,6H,1-2,5,12H2,(H,13,17)(H,14,15). The van der Waals surface area contributed by atoms with Crippen LogP contribution in [0.25, 0.3) is 0 Å². The third-order valence-corrected chi connectivity index (χ3v) is 2.96. The van der Waals surface area contributed by atoms with E-state index >= 15 is 0 Å². The molecule has 2 aromatic rings. The predicted octanol–water partition coefficient (Wildman–Crippen LogP) is 0.787. The molecule has 1 saturated carbocycles. The van der Waals surface area contributed by atoms with Crippen molar-refractivity contribution in [3.63, 3.8) is 0 Å². The Morgan fingerprint density at radius 3 is 3.11 bits per heavy atom. The van der Waals surface area contributed by atoms with Gasteiger partial charge in [-0.3, -0.25) is 9.89 Å². The molecule has 0 unspecified atom stereocenters. The minimum atomic E-state index is -0.307. The monoisotopic (exact) mass is 247 g/mol. The molecule has 0 aliphatic heterocycles. The van der Waals surface area contributed by atoms with E-state index in [0.29, 0.717) is 23.8 Å². The maximum atomic E-state index is 11.9. The number of rotatable bonds is 4. The van der Waals surface area contributed by atoms with E-state index in [1.54, 1.807) is 6.07 Å². The zero-order chi connectivity index (χ0) is 12.5. The quantitative estimate of drug-likeness (QED) is 0.739. The van der Waals surface area contributed by atoms with E-state index in [1.807, 2.05) is 0 Å². The average Bonchev–Trinajstić information content (AvgIpc) is 2.93. The van der Waals surface area contributed by atoms with Crippen molar-refractivity contribution in [2.45, 2.75) is 25.3 Å². The number of aromatic nitrogens is 3. The van der Waals surface area contributed by atoms with Gasteiger partial charge in [0.2, 0.25) is 0 Å². The number of amides is 1. The summed E-state index contributed by atoms with van der Waals surface area (Å²) in [4.78, 5) is 11.9. The first kappa shape index (κ1) is 10.8. The van der Waals surface area contributed by atoms with Gasteiger partial charge in [-0.1, -0.05) is 5.16 Å². The van der Waals surface area contributed by atoms with Gasteiger partial charge in [-0.15, -0.1) is 0 Å². The number of aromatic amines is 1. The van der Waals surface area contributed by atoms with Crippen molar-refractivity contribution in [1.29, 1.82) is 0 Å². The molecule has 94 valence electrons. The molecular weight excluding hydrogens is 234 g/mol. The van der Waals surface area contributed by atoms with Crippen molar-refractivity contribution in [3.05, 3.63) is 29.4 Å². The number of nitrogens with two attached hydrogens (primary N) is 1. The Bertz CT molecular complexity index is 556. The molecule has 0 radical (unpaired) electrons. The minimum absolute atomic E-state index is 0.250. The summed E-state index contributed by atoms with van der Waals surface area (Å²) in [5.41, 5.74) is 8.14. The van der Waals surface area contributed by atoms with E-state index in [0.717, 1.165) is 18.5 Å². The average molecular weight is 247 g/mol. The smallest absolute Gasteiger partial charge is 0.274 e. The number of H-pyrrole nitrogens is 1. The summed E-state index contributed by atoms with van der Waals surface area (Å²) < 4.78 is 4.67. The van der Waals surface area contributed by atoms with Gasteiger partial charge in [0.05, 0.1) is 17.9 Å². The van der Waals surface area contributed by atoms with Crippen molar-refractivity contribution in [2.24, 2.45) is 0 Å².